The van der Waals surface area contributed by atoms with Crippen LogP contribution in [0.3, 0.4) is 0 Å². The van der Waals surface area contributed by atoms with Gasteiger partial charge in [0.05, 0.1) is 0 Å². The summed E-state index contributed by atoms with van der Waals surface area (Å²) in [5.74, 6) is -0.417. The molecule has 0 amide bonds. The summed E-state index contributed by atoms with van der Waals surface area (Å²) in [4.78, 5) is 0. The zero-order valence-corrected chi connectivity index (χ0v) is 9.66. The summed E-state index contributed by atoms with van der Waals surface area (Å²) < 4.78 is 3.09. The minimum absolute atomic E-state index is 0.127. The molecule has 0 bridgehead atoms. The SMILES string of the molecule is C=C/C=C(\C=C)COC(=N)C(Cl)(Cl)Cl. The predicted molar refractivity (Wildman–Crippen MR) is 62.4 cm³/mol. The fourth-order valence-corrected chi connectivity index (χ4v) is 0.727. The lowest BCUT2D eigenvalue weighted by atomic mass is 10.2. The molecule has 1 N–H and O–H groups in total. The minimum atomic E-state index is -1.82. The molecule has 0 heterocycles. The summed E-state index contributed by atoms with van der Waals surface area (Å²) in [5.41, 5.74) is 0.749. The number of allylic oxidation sites excluding steroid dienone is 2. The standard InChI is InChI=1S/C9H10Cl3NO/c1-3-5-7(4-2)6-14-8(13)9(10,11)12/h3-5,13H,1-2,6H2/b7-5+,13-8?. The molecule has 0 fully saturated rings. The molecule has 0 aromatic heterocycles. The van der Waals surface area contributed by atoms with Crippen LogP contribution in [0.1, 0.15) is 0 Å². The number of ether oxygens (including phenoxy) is 1. The Labute approximate surface area is 98.3 Å². The summed E-state index contributed by atoms with van der Waals surface area (Å²) in [7, 11) is 0. The first-order valence-electron chi connectivity index (χ1n) is 3.64. The molecule has 0 saturated carbocycles. The second-order valence-corrected chi connectivity index (χ2v) is 4.58. The molecule has 0 unspecified atom stereocenters. The highest BCUT2D eigenvalue weighted by molar-refractivity contribution is 6.76. The number of rotatable bonds is 4. The van der Waals surface area contributed by atoms with Gasteiger partial charge >= 0.3 is 0 Å². The summed E-state index contributed by atoms with van der Waals surface area (Å²) in [6, 6.07) is 0. The van der Waals surface area contributed by atoms with E-state index in [1.54, 1.807) is 18.2 Å². The molecule has 5 heteroatoms. The highest BCUT2D eigenvalue weighted by Gasteiger charge is 2.28. The highest BCUT2D eigenvalue weighted by atomic mass is 35.6. The zero-order valence-electron chi connectivity index (χ0n) is 7.40. The van der Waals surface area contributed by atoms with E-state index in [-0.39, 0.29) is 6.61 Å². The average Bonchev–Trinajstić information content (AvgIpc) is 2.10. The van der Waals surface area contributed by atoms with Gasteiger partial charge in [0.25, 0.3) is 3.79 Å². The zero-order chi connectivity index (χ0) is 11.2. The molecule has 0 saturated heterocycles. The van der Waals surface area contributed by atoms with Crippen molar-refractivity contribution < 1.29 is 4.74 Å². The van der Waals surface area contributed by atoms with E-state index in [4.69, 9.17) is 44.9 Å². The third kappa shape index (κ3) is 5.32. The normalized spacial score (nSPS) is 12.1. The molecule has 0 aliphatic heterocycles. The molecule has 0 aromatic carbocycles. The third-order valence-electron chi connectivity index (χ3n) is 1.23. The van der Waals surface area contributed by atoms with Crippen LogP contribution in [0.25, 0.3) is 0 Å². The quantitative estimate of drug-likeness (QED) is 0.353. The van der Waals surface area contributed by atoms with Crippen LogP contribution in [0.5, 0.6) is 0 Å². The van der Waals surface area contributed by atoms with Gasteiger partial charge < -0.3 is 4.74 Å². The van der Waals surface area contributed by atoms with Gasteiger partial charge in [0, 0.05) is 0 Å². The lowest BCUT2D eigenvalue weighted by molar-refractivity contribution is 0.333. The molecule has 0 radical (unpaired) electrons. The van der Waals surface area contributed by atoms with Crippen LogP contribution in [0.15, 0.2) is 37.0 Å². The van der Waals surface area contributed by atoms with Crippen molar-refractivity contribution in [2.24, 2.45) is 0 Å². The van der Waals surface area contributed by atoms with Crippen molar-refractivity contribution in [1.82, 2.24) is 0 Å². The number of hydrogen-bond acceptors (Lipinski definition) is 2. The molecule has 2 nitrogen and oxygen atoms in total. The lowest BCUT2D eigenvalue weighted by Gasteiger charge is -2.13. The van der Waals surface area contributed by atoms with E-state index < -0.39 is 9.69 Å². The van der Waals surface area contributed by atoms with E-state index >= 15 is 0 Å². The van der Waals surface area contributed by atoms with Crippen molar-refractivity contribution in [1.29, 1.82) is 5.41 Å². The van der Waals surface area contributed by atoms with Crippen LogP contribution in [-0.4, -0.2) is 16.3 Å². The van der Waals surface area contributed by atoms with Crippen LogP contribution in [0.4, 0.5) is 0 Å². The molecule has 0 spiro atoms. The van der Waals surface area contributed by atoms with E-state index in [1.165, 1.54) is 0 Å². The smallest absolute Gasteiger partial charge is 0.265 e. The van der Waals surface area contributed by atoms with Crippen LogP contribution < -0.4 is 0 Å². The van der Waals surface area contributed by atoms with Crippen molar-refractivity contribution in [3.63, 3.8) is 0 Å². The first-order chi connectivity index (χ1) is 6.41. The van der Waals surface area contributed by atoms with E-state index in [9.17, 15) is 0 Å². The van der Waals surface area contributed by atoms with E-state index in [1.807, 2.05) is 0 Å². The van der Waals surface area contributed by atoms with Crippen molar-refractivity contribution in [2.45, 2.75) is 3.79 Å². The number of hydrogen-bond donors (Lipinski definition) is 1. The van der Waals surface area contributed by atoms with Crippen molar-refractivity contribution in [2.75, 3.05) is 6.61 Å². The Hall–Kier alpha value is -0.440. The fraction of sp³-hybridized carbons (Fsp3) is 0.222. The van der Waals surface area contributed by atoms with Crippen LogP contribution in [-0.2, 0) is 4.74 Å². The van der Waals surface area contributed by atoms with E-state index in [0.717, 1.165) is 5.57 Å². The second kappa shape index (κ2) is 6.12. The van der Waals surface area contributed by atoms with Crippen LogP contribution in [0, 0.1) is 5.41 Å². The van der Waals surface area contributed by atoms with E-state index in [2.05, 4.69) is 13.2 Å². The average molecular weight is 255 g/mol. The van der Waals surface area contributed by atoms with Gasteiger partial charge in [-0.2, -0.15) is 0 Å². The largest absolute Gasteiger partial charge is 0.473 e. The van der Waals surface area contributed by atoms with Gasteiger partial charge in [-0.1, -0.05) is 66.2 Å². The van der Waals surface area contributed by atoms with Gasteiger partial charge in [-0.25, -0.2) is 0 Å². The van der Waals surface area contributed by atoms with Gasteiger partial charge in [-0.3, -0.25) is 5.41 Å². The maximum atomic E-state index is 7.24. The number of alkyl halides is 3. The van der Waals surface area contributed by atoms with Crippen LogP contribution >= 0.6 is 34.8 Å². The molecule has 0 aromatic rings. The van der Waals surface area contributed by atoms with Gasteiger partial charge in [-0.15, -0.1) is 0 Å². The first-order valence-corrected chi connectivity index (χ1v) is 4.77. The number of nitrogens with one attached hydrogen (secondary N) is 1. The molecule has 78 valence electrons. The molecule has 0 aliphatic carbocycles. The van der Waals surface area contributed by atoms with Crippen LogP contribution in [0.2, 0.25) is 0 Å². The lowest BCUT2D eigenvalue weighted by Crippen LogP contribution is -2.21. The summed E-state index contributed by atoms with van der Waals surface area (Å²) >= 11 is 16.2. The van der Waals surface area contributed by atoms with Gasteiger partial charge in [0.15, 0.2) is 0 Å². The van der Waals surface area contributed by atoms with Crippen molar-refractivity contribution in [3.05, 3.63) is 37.0 Å². The maximum Gasteiger partial charge on any atom is 0.265 e. The van der Waals surface area contributed by atoms with E-state index in [0.29, 0.717) is 0 Å². The molecule has 0 atom stereocenters. The Morgan fingerprint density at radius 2 is 1.93 bits per heavy atom. The van der Waals surface area contributed by atoms with Crippen molar-refractivity contribution in [3.8, 4) is 0 Å². The summed E-state index contributed by atoms with van der Waals surface area (Å²) in [5, 5.41) is 7.24. The topological polar surface area (TPSA) is 33.1 Å². The Morgan fingerprint density at radius 1 is 1.36 bits per heavy atom. The van der Waals surface area contributed by atoms with Crippen molar-refractivity contribution >= 4 is 40.7 Å². The molecular weight excluding hydrogens is 244 g/mol. The molecule has 14 heavy (non-hydrogen) atoms. The predicted octanol–water partition coefficient (Wildman–Crippen LogP) is 3.65. The minimum Gasteiger partial charge on any atom is -0.473 e. The Balaban J connectivity index is 4.18. The third-order valence-corrected chi connectivity index (χ3v) is 1.75. The number of halogens is 3. The maximum absolute atomic E-state index is 7.24. The Bertz CT molecular complexity index is 266. The molecule has 0 rings (SSSR count). The summed E-state index contributed by atoms with van der Waals surface area (Å²) in [6.07, 6.45) is 4.85. The van der Waals surface area contributed by atoms with Gasteiger partial charge in [-0.05, 0) is 5.57 Å². The Kier molecular flexibility index (Phi) is 5.93. The summed E-state index contributed by atoms with van der Waals surface area (Å²) in [6.45, 7) is 7.19. The first kappa shape index (κ1) is 13.6. The van der Waals surface area contributed by atoms with Gasteiger partial charge in [0.2, 0.25) is 5.90 Å². The second-order valence-electron chi connectivity index (χ2n) is 2.30. The monoisotopic (exact) mass is 253 g/mol. The fourth-order valence-electron chi connectivity index (χ4n) is 0.564. The molecule has 0 aliphatic rings. The molecular formula is C9H10Cl3NO. The van der Waals surface area contributed by atoms with Gasteiger partial charge in [0.1, 0.15) is 6.61 Å². The highest BCUT2D eigenvalue weighted by Crippen LogP contribution is 2.27. The Morgan fingerprint density at radius 3 is 2.29 bits per heavy atom.